The summed E-state index contributed by atoms with van der Waals surface area (Å²) in [5.74, 6) is 0.517. The van der Waals surface area contributed by atoms with Gasteiger partial charge in [-0.25, -0.2) is 9.37 Å². The first-order valence-corrected chi connectivity index (χ1v) is 9.59. The molecule has 2 aliphatic heterocycles. The van der Waals surface area contributed by atoms with Crippen LogP contribution in [0.25, 0.3) is 22.4 Å². The number of fused-ring (bicyclic) bond motifs is 3. The lowest BCUT2D eigenvalue weighted by Crippen LogP contribution is -2.55. The highest BCUT2D eigenvalue weighted by Crippen LogP contribution is 2.34. The zero-order valence-electron chi connectivity index (χ0n) is 15.7. The van der Waals surface area contributed by atoms with Crippen LogP contribution in [0.2, 0.25) is 0 Å². The summed E-state index contributed by atoms with van der Waals surface area (Å²) >= 11 is 0. The standard InChI is InChI=1S/C20H20FN5O3/c1-26(14-6-10-2-3-13(23-10)19(14)21)18-9-22-20(25-24-18)12-7-11-15(27)4-5-29-17(11)8-16(12)28/h4-5,7-10,13-14,19,23,28H,2-3,6H2,1H3/t10?,13?,14-,19+/m1/s1. The van der Waals surface area contributed by atoms with Gasteiger partial charge in [0, 0.05) is 31.3 Å². The van der Waals surface area contributed by atoms with Gasteiger partial charge in [-0.1, -0.05) is 0 Å². The summed E-state index contributed by atoms with van der Waals surface area (Å²) in [6, 6.07) is 4.09. The summed E-state index contributed by atoms with van der Waals surface area (Å²) in [4.78, 5) is 18.1. The van der Waals surface area contributed by atoms with Gasteiger partial charge in [-0.3, -0.25) is 4.79 Å². The van der Waals surface area contributed by atoms with Crippen LogP contribution < -0.4 is 15.6 Å². The topological polar surface area (TPSA) is 104 Å². The van der Waals surface area contributed by atoms with Gasteiger partial charge in [-0.05, 0) is 25.3 Å². The maximum atomic E-state index is 14.8. The molecule has 0 amide bonds. The number of rotatable bonds is 3. The van der Waals surface area contributed by atoms with Gasteiger partial charge in [0.05, 0.1) is 29.5 Å². The third kappa shape index (κ3) is 3.02. The van der Waals surface area contributed by atoms with Gasteiger partial charge in [0.1, 0.15) is 17.5 Å². The van der Waals surface area contributed by atoms with Crippen LogP contribution in [0.3, 0.4) is 0 Å². The highest BCUT2D eigenvalue weighted by atomic mass is 19.1. The lowest BCUT2D eigenvalue weighted by atomic mass is 9.96. The first kappa shape index (κ1) is 18.0. The van der Waals surface area contributed by atoms with Gasteiger partial charge in [-0.15, -0.1) is 10.2 Å². The molecule has 2 bridgehead atoms. The van der Waals surface area contributed by atoms with Crippen molar-refractivity contribution in [1.82, 2.24) is 20.5 Å². The van der Waals surface area contributed by atoms with Gasteiger partial charge >= 0.3 is 0 Å². The number of nitrogens with one attached hydrogen (secondary N) is 1. The Morgan fingerprint density at radius 3 is 2.97 bits per heavy atom. The summed E-state index contributed by atoms with van der Waals surface area (Å²) in [5, 5.41) is 22.2. The van der Waals surface area contributed by atoms with Gasteiger partial charge in [-0.2, -0.15) is 0 Å². The third-order valence-electron chi connectivity index (χ3n) is 5.98. The van der Waals surface area contributed by atoms with E-state index in [1.807, 2.05) is 0 Å². The zero-order chi connectivity index (χ0) is 20.1. The summed E-state index contributed by atoms with van der Waals surface area (Å²) in [7, 11) is 1.80. The summed E-state index contributed by atoms with van der Waals surface area (Å²) < 4.78 is 20.1. The maximum Gasteiger partial charge on any atom is 0.192 e. The van der Waals surface area contributed by atoms with Crippen molar-refractivity contribution < 1.29 is 13.9 Å². The second-order valence-electron chi connectivity index (χ2n) is 7.70. The maximum absolute atomic E-state index is 14.8. The predicted molar refractivity (Wildman–Crippen MR) is 105 cm³/mol. The molecule has 2 N–H and O–H groups in total. The molecule has 1 aromatic carbocycles. The van der Waals surface area contributed by atoms with Gasteiger partial charge < -0.3 is 19.7 Å². The minimum absolute atomic E-state index is 0.109. The summed E-state index contributed by atoms with van der Waals surface area (Å²) in [5.41, 5.74) is 0.324. The quantitative estimate of drug-likeness (QED) is 0.692. The molecule has 2 fully saturated rings. The molecule has 2 unspecified atom stereocenters. The molecule has 9 heteroatoms. The Morgan fingerprint density at radius 1 is 1.31 bits per heavy atom. The number of phenols is 1. The molecule has 0 saturated carbocycles. The molecule has 0 aliphatic carbocycles. The number of hydrogen-bond donors (Lipinski definition) is 2. The van der Waals surface area contributed by atoms with Crippen LogP contribution in [0.4, 0.5) is 10.2 Å². The van der Waals surface area contributed by atoms with E-state index >= 15 is 0 Å². The molecule has 3 aromatic rings. The molecule has 29 heavy (non-hydrogen) atoms. The molecule has 5 rings (SSSR count). The number of nitrogens with zero attached hydrogens (tertiary/aromatic N) is 4. The number of piperidine rings is 1. The Hall–Kier alpha value is -3.07. The Morgan fingerprint density at radius 2 is 2.17 bits per heavy atom. The van der Waals surface area contributed by atoms with Crippen molar-refractivity contribution in [2.24, 2.45) is 0 Å². The van der Waals surface area contributed by atoms with E-state index in [1.165, 1.54) is 30.7 Å². The highest BCUT2D eigenvalue weighted by Gasteiger charge is 2.43. The molecule has 0 spiro atoms. The Bertz CT molecular complexity index is 1120. The molecule has 0 radical (unpaired) electrons. The van der Waals surface area contributed by atoms with Crippen molar-refractivity contribution in [3.05, 3.63) is 40.9 Å². The number of halogens is 1. The largest absolute Gasteiger partial charge is 0.507 e. The van der Waals surface area contributed by atoms with E-state index in [2.05, 4.69) is 20.5 Å². The van der Waals surface area contributed by atoms with Gasteiger partial charge in [0.2, 0.25) is 0 Å². The average molecular weight is 397 g/mol. The average Bonchev–Trinajstić information content (AvgIpc) is 3.14. The number of hydrogen-bond acceptors (Lipinski definition) is 8. The number of alkyl halides is 1. The van der Waals surface area contributed by atoms with E-state index in [1.54, 1.807) is 11.9 Å². The molecule has 150 valence electrons. The number of aromatic nitrogens is 3. The van der Waals surface area contributed by atoms with E-state index in [9.17, 15) is 14.3 Å². The second-order valence-corrected chi connectivity index (χ2v) is 7.70. The zero-order valence-corrected chi connectivity index (χ0v) is 15.7. The second kappa shape index (κ2) is 6.77. The molecule has 2 saturated heterocycles. The van der Waals surface area contributed by atoms with Crippen molar-refractivity contribution in [3.63, 3.8) is 0 Å². The van der Waals surface area contributed by atoms with Crippen LogP contribution in [-0.4, -0.2) is 51.6 Å². The fraction of sp³-hybridized carbons (Fsp3) is 0.400. The molecule has 2 aliphatic rings. The SMILES string of the molecule is CN(c1cnc(-c2cc3c(=O)ccoc3cc2O)nn1)[C@@H]1CC2CCC(N2)[C@@H]1F. The first-order valence-electron chi connectivity index (χ1n) is 9.59. The molecule has 8 nitrogen and oxygen atoms in total. The van der Waals surface area contributed by atoms with Crippen LogP contribution in [0.15, 0.2) is 39.9 Å². The fourth-order valence-corrected chi connectivity index (χ4v) is 4.37. The third-order valence-corrected chi connectivity index (χ3v) is 5.98. The number of aromatic hydroxyl groups is 1. The van der Waals surface area contributed by atoms with Crippen molar-refractivity contribution in [2.45, 2.75) is 43.6 Å². The summed E-state index contributed by atoms with van der Waals surface area (Å²) in [6.45, 7) is 0. The molecular formula is C20H20FN5O3. The number of benzene rings is 1. The van der Waals surface area contributed by atoms with E-state index in [0.717, 1.165) is 12.8 Å². The first-order chi connectivity index (χ1) is 14.0. The predicted octanol–water partition coefficient (Wildman–Crippen LogP) is 2.02. The van der Waals surface area contributed by atoms with Crippen molar-refractivity contribution >= 4 is 16.8 Å². The highest BCUT2D eigenvalue weighted by molar-refractivity contribution is 5.85. The lowest BCUT2D eigenvalue weighted by Gasteiger charge is -2.38. The lowest BCUT2D eigenvalue weighted by molar-refractivity contribution is 0.176. The van der Waals surface area contributed by atoms with Crippen LogP contribution in [0.1, 0.15) is 19.3 Å². The minimum Gasteiger partial charge on any atom is -0.507 e. The molecule has 4 atom stereocenters. The summed E-state index contributed by atoms with van der Waals surface area (Å²) in [6.07, 6.45) is 4.36. The minimum atomic E-state index is -0.982. The Balaban J connectivity index is 1.45. The van der Waals surface area contributed by atoms with E-state index in [0.29, 0.717) is 23.7 Å². The van der Waals surface area contributed by atoms with Crippen LogP contribution in [0, 0.1) is 0 Å². The molecular weight excluding hydrogens is 377 g/mol. The smallest absolute Gasteiger partial charge is 0.192 e. The van der Waals surface area contributed by atoms with E-state index in [4.69, 9.17) is 4.42 Å². The van der Waals surface area contributed by atoms with Crippen molar-refractivity contribution in [2.75, 3.05) is 11.9 Å². The van der Waals surface area contributed by atoms with Crippen LogP contribution >= 0.6 is 0 Å². The number of phenolic OH excluding ortho intramolecular Hbond substituents is 1. The molecule has 2 aromatic heterocycles. The Labute approximate surface area is 165 Å². The number of anilines is 1. The van der Waals surface area contributed by atoms with Crippen LogP contribution in [-0.2, 0) is 0 Å². The van der Waals surface area contributed by atoms with Gasteiger partial charge in [0.25, 0.3) is 0 Å². The van der Waals surface area contributed by atoms with Crippen LogP contribution in [0.5, 0.6) is 5.75 Å². The van der Waals surface area contributed by atoms with E-state index < -0.39 is 6.17 Å². The van der Waals surface area contributed by atoms with Crippen molar-refractivity contribution in [3.8, 4) is 17.1 Å². The van der Waals surface area contributed by atoms with Crippen molar-refractivity contribution in [1.29, 1.82) is 0 Å². The molecule has 4 heterocycles. The van der Waals surface area contributed by atoms with E-state index in [-0.39, 0.29) is 40.2 Å². The Kier molecular flexibility index (Phi) is 4.20. The van der Waals surface area contributed by atoms with Gasteiger partial charge in [0.15, 0.2) is 17.1 Å². The monoisotopic (exact) mass is 397 g/mol. The normalized spacial score (nSPS) is 26.0. The fourth-order valence-electron chi connectivity index (χ4n) is 4.37.